The molecule has 6 aromatic carbocycles. The van der Waals surface area contributed by atoms with Gasteiger partial charge >= 0.3 is 0 Å². The number of halogens is 3. The molecule has 6 aromatic rings. The molecule has 0 spiro atoms. The van der Waals surface area contributed by atoms with Crippen LogP contribution in [-0.2, 0) is 11.8 Å². The Morgan fingerprint density at radius 2 is 0.951 bits per heavy atom. The van der Waals surface area contributed by atoms with E-state index in [1.807, 2.05) is 0 Å². The summed E-state index contributed by atoms with van der Waals surface area (Å²) >= 11 is 10.9. The molecule has 0 aliphatic heterocycles. The van der Waals surface area contributed by atoms with E-state index in [2.05, 4.69) is 187 Å². The number of hydrogen-bond acceptors (Lipinski definition) is 0. The highest BCUT2D eigenvalue weighted by molar-refractivity contribution is 9.11. The lowest BCUT2D eigenvalue weighted by Gasteiger charge is -2.34. The third-order valence-corrected chi connectivity index (χ3v) is 9.88. The van der Waals surface area contributed by atoms with Gasteiger partial charge in [-0.1, -0.05) is 157 Å². The van der Waals surface area contributed by atoms with Crippen molar-refractivity contribution in [3.05, 3.63) is 186 Å². The van der Waals surface area contributed by atoms with Crippen molar-refractivity contribution in [3.63, 3.8) is 0 Å². The second-order valence-electron chi connectivity index (χ2n) is 10.5. The molecule has 0 fully saturated rings. The maximum atomic E-state index is 3.88. The summed E-state index contributed by atoms with van der Waals surface area (Å²) in [6.07, 6.45) is 1.05. The lowest BCUT2D eigenvalue weighted by molar-refractivity contribution is 0.764. The molecule has 41 heavy (non-hydrogen) atoms. The summed E-state index contributed by atoms with van der Waals surface area (Å²) in [6, 6.07) is 50.1. The summed E-state index contributed by atoms with van der Waals surface area (Å²) < 4.78 is 3.47. The molecule has 0 saturated carbocycles. The van der Waals surface area contributed by atoms with Crippen molar-refractivity contribution in [2.24, 2.45) is 0 Å². The van der Waals surface area contributed by atoms with E-state index in [1.54, 1.807) is 0 Å². The molecule has 3 heteroatoms. The molecule has 0 bridgehead atoms. The van der Waals surface area contributed by atoms with Crippen LogP contribution in [0.2, 0.25) is 0 Å². The van der Waals surface area contributed by atoms with Crippen molar-refractivity contribution in [1.82, 2.24) is 0 Å². The predicted octanol–water partition coefficient (Wildman–Crippen LogP) is 11.6. The summed E-state index contributed by atoms with van der Waals surface area (Å²) in [5.74, 6) is 0. The minimum absolute atomic E-state index is 0.311. The molecule has 0 amide bonds. The van der Waals surface area contributed by atoms with Crippen LogP contribution in [0.25, 0.3) is 22.3 Å². The lowest BCUT2D eigenvalue weighted by Crippen LogP contribution is -2.28. The van der Waals surface area contributed by atoms with E-state index in [4.69, 9.17) is 0 Å². The van der Waals surface area contributed by atoms with Crippen LogP contribution in [0.1, 0.15) is 33.4 Å². The lowest BCUT2D eigenvalue weighted by atomic mass is 9.68. The first kappa shape index (κ1) is 26.6. The van der Waals surface area contributed by atoms with E-state index in [-0.39, 0.29) is 5.41 Å². The zero-order valence-corrected chi connectivity index (χ0v) is 26.9. The molecule has 0 saturated heterocycles. The van der Waals surface area contributed by atoms with Crippen LogP contribution < -0.4 is 0 Å². The van der Waals surface area contributed by atoms with E-state index in [0.717, 1.165) is 19.8 Å². The van der Waals surface area contributed by atoms with Crippen LogP contribution in [0.15, 0.2) is 153 Å². The Bertz CT molecular complexity index is 1800. The Labute approximate surface area is 266 Å². The highest BCUT2D eigenvalue weighted by Gasteiger charge is 2.46. The van der Waals surface area contributed by atoms with Gasteiger partial charge in [0.25, 0.3) is 0 Å². The van der Waals surface area contributed by atoms with Crippen LogP contribution in [0.3, 0.4) is 0 Å². The Morgan fingerprint density at radius 3 is 1.54 bits per heavy atom. The number of fused-ring (bicyclic) bond motifs is 6. The minimum atomic E-state index is -0.311. The van der Waals surface area contributed by atoms with Gasteiger partial charge in [-0.3, -0.25) is 0 Å². The maximum Gasteiger partial charge on any atom is 0.0724 e. The zero-order valence-electron chi connectivity index (χ0n) is 22.1. The van der Waals surface area contributed by atoms with E-state index in [0.29, 0.717) is 0 Å². The third kappa shape index (κ3) is 4.46. The van der Waals surface area contributed by atoms with E-state index in [9.17, 15) is 0 Å². The summed E-state index contributed by atoms with van der Waals surface area (Å²) in [6.45, 7) is 0. The van der Waals surface area contributed by atoms with Crippen molar-refractivity contribution in [2.45, 2.75) is 11.8 Å². The maximum absolute atomic E-state index is 3.88. The van der Waals surface area contributed by atoms with Crippen molar-refractivity contribution in [2.75, 3.05) is 0 Å². The number of hydrogen-bond donors (Lipinski definition) is 0. The van der Waals surface area contributed by atoms with Crippen LogP contribution in [-0.4, -0.2) is 0 Å². The van der Waals surface area contributed by atoms with Crippen LogP contribution in [0.5, 0.6) is 0 Å². The van der Waals surface area contributed by atoms with Gasteiger partial charge in [-0.15, -0.1) is 0 Å². The quantitative estimate of drug-likeness (QED) is 0.167. The molecule has 0 radical (unpaired) electrons. The summed E-state index contributed by atoms with van der Waals surface area (Å²) in [7, 11) is 0. The molecule has 0 nitrogen and oxygen atoms in total. The van der Waals surface area contributed by atoms with Gasteiger partial charge in [-0.05, 0) is 92.4 Å². The fraction of sp³-hybridized carbons (Fsp3) is 0.0526. The van der Waals surface area contributed by atoms with Crippen molar-refractivity contribution < 1.29 is 0 Å². The predicted molar refractivity (Wildman–Crippen MR) is 182 cm³/mol. The SMILES string of the molecule is Brc1ccc2c(c1)Cc1cc(Br)ccc1-2.Brc1cccc2c1C(c1ccccc1)(c1ccccc1)c1ccccc1-2. The average molecular weight is 721 g/mol. The fourth-order valence-corrected chi connectivity index (χ4v) is 8.08. The molecule has 0 unspecified atom stereocenters. The molecule has 0 aromatic heterocycles. The Morgan fingerprint density at radius 1 is 0.439 bits per heavy atom. The Kier molecular flexibility index (Phi) is 7.06. The van der Waals surface area contributed by atoms with Crippen molar-refractivity contribution in [3.8, 4) is 22.3 Å². The smallest absolute Gasteiger partial charge is 0.0622 e. The second-order valence-corrected chi connectivity index (χ2v) is 13.2. The van der Waals surface area contributed by atoms with Gasteiger partial charge in [0, 0.05) is 13.4 Å². The summed E-state index contributed by atoms with van der Waals surface area (Å²) in [5, 5.41) is 0. The van der Waals surface area contributed by atoms with Crippen LogP contribution >= 0.6 is 47.8 Å². The van der Waals surface area contributed by atoms with E-state index >= 15 is 0 Å². The van der Waals surface area contributed by atoms with Crippen molar-refractivity contribution >= 4 is 47.8 Å². The van der Waals surface area contributed by atoms with Gasteiger partial charge in [-0.2, -0.15) is 0 Å². The first-order valence-electron chi connectivity index (χ1n) is 13.6. The van der Waals surface area contributed by atoms with E-state index < -0.39 is 0 Å². The summed E-state index contributed by atoms with van der Waals surface area (Å²) in [5.41, 5.74) is 13.2. The topological polar surface area (TPSA) is 0 Å². The zero-order chi connectivity index (χ0) is 28.0. The monoisotopic (exact) mass is 718 g/mol. The van der Waals surface area contributed by atoms with Gasteiger partial charge in [-0.25, -0.2) is 0 Å². The van der Waals surface area contributed by atoms with Crippen LogP contribution in [0, 0.1) is 0 Å². The highest BCUT2D eigenvalue weighted by atomic mass is 79.9. The Balaban J connectivity index is 0.000000156. The highest BCUT2D eigenvalue weighted by Crippen LogP contribution is 2.57. The molecule has 0 atom stereocenters. The largest absolute Gasteiger partial charge is 0.0724 e. The number of benzene rings is 6. The van der Waals surface area contributed by atoms with Crippen molar-refractivity contribution in [1.29, 1.82) is 0 Å². The second kappa shape index (κ2) is 10.9. The molecule has 8 rings (SSSR count). The van der Waals surface area contributed by atoms with Gasteiger partial charge in [0.15, 0.2) is 0 Å². The van der Waals surface area contributed by atoms with Gasteiger partial charge < -0.3 is 0 Å². The first-order valence-corrected chi connectivity index (χ1v) is 16.0. The molecule has 0 N–H and O–H groups in total. The minimum Gasteiger partial charge on any atom is -0.0622 e. The molecule has 2 aliphatic carbocycles. The molecular weight excluding hydrogens is 696 g/mol. The molecule has 0 heterocycles. The fourth-order valence-electron chi connectivity index (χ4n) is 6.60. The standard InChI is InChI=1S/C25H17Br.C13H8Br2/c26-23-17-9-15-21-20-14-7-8-16-22(20)25(24(21)23,18-10-3-1-4-11-18)19-12-5-2-6-13-19;14-10-1-3-12-8(6-10)5-9-7-11(15)2-4-13(9)12/h1-17H;1-4,6-7H,5H2. The third-order valence-electron chi connectivity index (χ3n) is 8.23. The molecule has 198 valence electrons. The average Bonchev–Trinajstić information content (AvgIpc) is 3.52. The Hall–Kier alpha value is -3.24. The molecular formula is C38H25Br3. The van der Waals surface area contributed by atoms with Gasteiger partial charge in [0.05, 0.1) is 5.41 Å². The van der Waals surface area contributed by atoms with Crippen LogP contribution in [0.4, 0.5) is 0 Å². The first-order chi connectivity index (χ1) is 20.1. The van der Waals surface area contributed by atoms with Gasteiger partial charge in [0.1, 0.15) is 0 Å². The molecule has 2 aliphatic rings. The van der Waals surface area contributed by atoms with Gasteiger partial charge in [0.2, 0.25) is 0 Å². The number of rotatable bonds is 2. The van der Waals surface area contributed by atoms with E-state index in [1.165, 1.54) is 55.6 Å². The normalized spacial score (nSPS) is 13.3. The summed E-state index contributed by atoms with van der Waals surface area (Å²) in [4.78, 5) is 0.